The highest BCUT2D eigenvalue weighted by Crippen LogP contribution is 2.23. The molecule has 0 radical (unpaired) electrons. The van der Waals surface area contributed by atoms with Gasteiger partial charge < -0.3 is 0 Å². The van der Waals surface area contributed by atoms with E-state index in [0.717, 1.165) is 0 Å². The minimum atomic E-state index is -3.59. The predicted molar refractivity (Wildman–Crippen MR) is 54.9 cm³/mol. The summed E-state index contributed by atoms with van der Waals surface area (Å²) < 4.78 is 21.5. The zero-order chi connectivity index (χ0) is 10.1. The van der Waals surface area contributed by atoms with Crippen LogP contribution in [-0.2, 0) is 14.8 Å². The van der Waals surface area contributed by atoms with Crippen molar-refractivity contribution < 1.29 is 8.42 Å². The van der Waals surface area contributed by atoms with Crippen LogP contribution in [0.4, 0.5) is 0 Å². The van der Waals surface area contributed by atoms with Crippen molar-refractivity contribution in [3.05, 3.63) is 33.8 Å². The Hall–Kier alpha value is 0.0400. The summed E-state index contributed by atoms with van der Waals surface area (Å²) in [7, 11) is 1.48. The summed E-state index contributed by atoms with van der Waals surface area (Å²) in [6.45, 7) is 0. The molecule has 0 aliphatic carbocycles. The van der Waals surface area contributed by atoms with Gasteiger partial charge in [-0.15, -0.1) is 0 Å². The van der Waals surface area contributed by atoms with Crippen LogP contribution >= 0.6 is 33.9 Å². The average molecular weight is 260 g/mol. The summed E-state index contributed by atoms with van der Waals surface area (Å²) in [5.74, 6) is -0.312. The molecule has 0 unspecified atom stereocenters. The van der Waals surface area contributed by atoms with Gasteiger partial charge in [-0.3, -0.25) is 0 Å². The molecular formula is C7H5Cl3O2S. The van der Waals surface area contributed by atoms with E-state index >= 15 is 0 Å². The molecule has 0 aliphatic rings. The van der Waals surface area contributed by atoms with Gasteiger partial charge in [0.15, 0.2) is 0 Å². The molecule has 13 heavy (non-hydrogen) atoms. The van der Waals surface area contributed by atoms with Crippen molar-refractivity contribution in [1.82, 2.24) is 0 Å². The molecule has 0 heterocycles. The Balaban J connectivity index is 3.08. The summed E-state index contributed by atoms with van der Waals surface area (Å²) in [6.07, 6.45) is 0. The fourth-order valence-electron chi connectivity index (χ4n) is 0.840. The van der Waals surface area contributed by atoms with Crippen LogP contribution in [0.3, 0.4) is 0 Å². The smallest absolute Gasteiger partial charge is 0.212 e. The molecule has 1 aromatic rings. The van der Waals surface area contributed by atoms with Crippen LogP contribution in [0, 0.1) is 0 Å². The molecular weight excluding hydrogens is 255 g/mol. The SMILES string of the molecule is O=S(=O)(Cl)Cc1cc(Cl)ccc1Cl. The minimum absolute atomic E-state index is 0.312. The van der Waals surface area contributed by atoms with Gasteiger partial charge in [-0.1, -0.05) is 23.2 Å². The molecule has 6 heteroatoms. The number of hydrogen-bond donors (Lipinski definition) is 0. The minimum Gasteiger partial charge on any atom is -0.212 e. The number of hydrogen-bond acceptors (Lipinski definition) is 2. The first-order valence-electron chi connectivity index (χ1n) is 3.25. The fraction of sp³-hybridized carbons (Fsp3) is 0.143. The highest BCUT2D eigenvalue weighted by molar-refractivity contribution is 8.13. The quantitative estimate of drug-likeness (QED) is 0.765. The average Bonchev–Trinajstić information content (AvgIpc) is 1.94. The normalized spacial score (nSPS) is 11.6. The maximum Gasteiger partial charge on any atom is 0.236 e. The van der Waals surface area contributed by atoms with Crippen molar-refractivity contribution in [2.75, 3.05) is 0 Å². The zero-order valence-electron chi connectivity index (χ0n) is 6.30. The van der Waals surface area contributed by atoms with E-state index in [-0.39, 0.29) is 5.75 Å². The van der Waals surface area contributed by atoms with Crippen LogP contribution < -0.4 is 0 Å². The first kappa shape index (κ1) is 11.1. The van der Waals surface area contributed by atoms with Crippen LogP contribution in [0.1, 0.15) is 5.56 Å². The topological polar surface area (TPSA) is 34.1 Å². The Morgan fingerprint density at radius 1 is 1.23 bits per heavy atom. The number of halogens is 3. The van der Waals surface area contributed by atoms with E-state index in [1.54, 1.807) is 6.07 Å². The first-order valence-corrected chi connectivity index (χ1v) is 6.48. The van der Waals surface area contributed by atoms with E-state index in [9.17, 15) is 8.42 Å². The van der Waals surface area contributed by atoms with Gasteiger partial charge in [0.05, 0.1) is 5.75 Å². The summed E-state index contributed by atoms with van der Waals surface area (Å²) in [4.78, 5) is 0. The molecule has 0 saturated heterocycles. The Kier molecular flexibility index (Phi) is 3.46. The first-order chi connectivity index (χ1) is 5.88. The predicted octanol–water partition coefficient (Wildman–Crippen LogP) is 3.06. The van der Waals surface area contributed by atoms with Gasteiger partial charge in [0.1, 0.15) is 0 Å². The second-order valence-corrected chi connectivity index (χ2v) is 6.04. The summed E-state index contributed by atoms with van der Waals surface area (Å²) >= 11 is 11.4. The Morgan fingerprint density at radius 3 is 2.38 bits per heavy atom. The van der Waals surface area contributed by atoms with E-state index in [1.807, 2.05) is 0 Å². The summed E-state index contributed by atoms with van der Waals surface area (Å²) in [5.41, 5.74) is 0.407. The van der Waals surface area contributed by atoms with Crippen molar-refractivity contribution in [3.63, 3.8) is 0 Å². The van der Waals surface area contributed by atoms with Crippen LogP contribution in [0.5, 0.6) is 0 Å². The van der Waals surface area contributed by atoms with Gasteiger partial charge in [0, 0.05) is 20.7 Å². The molecule has 0 atom stereocenters. The lowest BCUT2D eigenvalue weighted by molar-refractivity contribution is 0.609. The Bertz CT molecular complexity index is 414. The molecule has 1 aromatic carbocycles. The summed E-state index contributed by atoms with van der Waals surface area (Å²) in [6, 6.07) is 4.58. The van der Waals surface area contributed by atoms with Crippen molar-refractivity contribution >= 4 is 42.9 Å². The number of benzene rings is 1. The van der Waals surface area contributed by atoms with E-state index in [1.165, 1.54) is 12.1 Å². The van der Waals surface area contributed by atoms with Crippen LogP contribution in [0.15, 0.2) is 18.2 Å². The molecule has 0 aliphatic heterocycles. The second-order valence-electron chi connectivity index (χ2n) is 2.42. The third kappa shape index (κ3) is 3.73. The maximum absolute atomic E-state index is 10.7. The molecule has 0 amide bonds. The van der Waals surface area contributed by atoms with E-state index in [0.29, 0.717) is 15.6 Å². The van der Waals surface area contributed by atoms with Crippen molar-refractivity contribution in [1.29, 1.82) is 0 Å². The fourth-order valence-corrected chi connectivity index (χ4v) is 2.26. The largest absolute Gasteiger partial charge is 0.236 e. The Labute approximate surface area is 90.8 Å². The van der Waals surface area contributed by atoms with Gasteiger partial charge in [-0.25, -0.2) is 8.42 Å². The standard InChI is InChI=1S/C7H5Cl3O2S/c8-6-1-2-7(9)5(3-6)4-13(10,11)12/h1-3H,4H2. The zero-order valence-corrected chi connectivity index (χ0v) is 9.38. The van der Waals surface area contributed by atoms with E-state index in [4.69, 9.17) is 33.9 Å². The lowest BCUT2D eigenvalue weighted by Gasteiger charge is -2.01. The molecule has 0 aromatic heterocycles. The number of rotatable bonds is 2. The van der Waals surface area contributed by atoms with Crippen LogP contribution in [-0.4, -0.2) is 8.42 Å². The van der Waals surface area contributed by atoms with E-state index in [2.05, 4.69) is 0 Å². The molecule has 0 fully saturated rings. The molecule has 72 valence electrons. The highest BCUT2D eigenvalue weighted by atomic mass is 35.7. The van der Waals surface area contributed by atoms with Crippen molar-refractivity contribution in [2.45, 2.75) is 5.75 Å². The van der Waals surface area contributed by atoms with Gasteiger partial charge in [-0.05, 0) is 23.8 Å². The highest BCUT2D eigenvalue weighted by Gasteiger charge is 2.10. The summed E-state index contributed by atoms with van der Waals surface area (Å²) in [5, 5.41) is 0.772. The van der Waals surface area contributed by atoms with Crippen molar-refractivity contribution in [3.8, 4) is 0 Å². The second kappa shape index (κ2) is 4.05. The molecule has 0 saturated carbocycles. The van der Waals surface area contributed by atoms with Gasteiger partial charge in [0.2, 0.25) is 9.05 Å². The molecule has 1 rings (SSSR count). The molecule has 2 nitrogen and oxygen atoms in total. The van der Waals surface area contributed by atoms with Crippen LogP contribution in [0.25, 0.3) is 0 Å². The Morgan fingerprint density at radius 2 is 1.85 bits per heavy atom. The third-order valence-electron chi connectivity index (χ3n) is 1.34. The molecule has 0 bridgehead atoms. The van der Waals surface area contributed by atoms with Crippen molar-refractivity contribution in [2.24, 2.45) is 0 Å². The van der Waals surface area contributed by atoms with Gasteiger partial charge in [-0.2, -0.15) is 0 Å². The van der Waals surface area contributed by atoms with Gasteiger partial charge in [0.25, 0.3) is 0 Å². The van der Waals surface area contributed by atoms with Gasteiger partial charge >= 0.3 is 0 Å². The monoisotopic (exact) mass is 258 g/mol. The lowest BCUT2D eigenvalue weighted by Crippen LogP contribution is -1.95. The lowest BCUT2D eigenvalue weighted by atomic mass is 10.2. The third-order valence-corrected chi connectivity index (χ3v) is 2.92. The van der Waals surface area contributed by atoms with E-state index < -0.39 is 9.05 Å². The molecule has 0 spiro atoms. The molecule has 0 N–H and O–H groups in total. The van der Waals surface area contributed by atoms with Crippen LogP contribution in [0.2, 0.25) is 10.0 Å². The maximum atomic E-state index is 10.7.